The van der Waals surface area contributed by atoms with Crippen LogP contribution in [0.25, 0.3) is 0 Å². The Bertz CT molecular complexity index is 1010. The van der Waals surface area contributed by atoms with Crippen LogP contribution in [0.3, 0.4) is 0 Å². The molecule has 1 saturated carbocycles. The molecule has 8 nitrogen and oxygen atoms in total. The van der Waals surface area contributed by atoms with E-state index in [1.165, 1.54) is 0 Å². The molecule has 0 heterocycles. The van der Waals surface area contributed by atoms with Crippen molar-refractivity contribution in [2.24, 2.45) is 10.8 Å². The summed E-state index contributed by atoms with van der Waals surface area (Å²) < 4.78 is 21.5. The number of ether oxygens (including phenoxy) is 4. The fraction of sp³-hybridized carbons (Fsp3) is 0.500. The fourth-order valence-corrected chi connectivity index (χ4v) is 5.14. The maximum Gasteiger partial charge on any atom is 0.258 e. The van der Waals surface area contributed by atoms with E-state index in [0.29, 0.717) is 18.0 Å². The molecule has 2 aromatic carbocycles. The van der Waals surface area contributed by atoms with Gasteiger partial charge in [-0.25, -0.2) is 0 Å². The minimum absolute atomic E-state index is 0.00170. The van der Waals surface area contributed by atoms with E-state index in [1.807, 2.05) is 0 Å². The van der Waals surface area contributed by atoms with Gasteiger partial charge in [0, 0.05) is 12.6 Å². The van der Waals surface area contributed by atoms with Crippen LogP contribution >= 0.6 is 0 Å². The SMILES string of the molecule is COc1ccc(OCC(=O)NC[C@@]2(C)C[C@H](NC(=O)COc3ccc(OC)cc3)CC(C)(C)C2)cc1. The average Bonchev–Trinajstić information content (AvgIpc) is 2.84. The highest BCUT2D eigenvalue weighted by atomic mass is 16.5. The number of methoxy groups -OCH3 is 2. The molecule has 0 saturated heterocycles. The summed E-state index contributed by atoms with van der Waals surface area (Å²) in [5.41, 5.74) is -0.140. The number of hydrogen-bond donors (Lipinski definition) is 2. The molecule has 0 radical (unpaired) electrons. The van der Waals surface area contributed by atoms with Crippen LogP contribution in [-0.2, 0) is 9.59 Å². The fourth-order valence-electron chi connectivity index (χ4n) is 5.14. The predicted octanol–water partition coefficient (Wildman–Crippen LogP) is 3.98. The lowest BCUT2D eigenvalue weighted by Gasteiger charge is -2.47. The molecule has 0 bridgehead atoms. The van der Waals surface area contributed by atoms with Gasteiger partial charge in [0.1, 0.15) is 23.0 Å². The first-order valence-corrected chi connectivity index (χ1v) is 12.2. The lowest BCUT2D eigenvalue weighted by atomic mass is 9.62. The second-order valence-electron chi connectivity index (χ2n) is 10.5. The molecule has 0 aliphatic heterocycles. The van der Waals surface area contributed by atoms with Gasteiger partial charge in [-0.1, -0.05) is 20.8 Å². The highest BCUT2D eigenvalue weighted by molar-refractivity contribution is 5.78. The Balaban J connectivity index is 1.47. The summed E-state index contributed by atoms with van der Waals surface area (Å²) in [5, 5.41) is 6.15. The van der Waals surface area contributed by atoms with Crippen molar-refractivity contribution >= 4 is 11.8 Å². The molecule has 0 aromatic heterocycles. The molecule has 1 fully saturated rings. The van der Waals surface area contributed by atoms with Gasteiger partial charge in [-0.2, -0.15) is 0 Å². The first kappa shape index (κ1) is 27.2. The normalized spacial score (nSPS) is 20.6. The van der Waals surface area contributed by atoms with Crippen molar-refractivity contribution in [1.82, 2.24) is 10.6 Å². The van der Waals surface area contributed by atoms with Gasteiger partial charge in [0.15, 0.2) is 13.2 Å². The molecule has 2 atom stereocenters. The maximum absolute atomic E-state index is 12.6. The van der Waals surface area contributed by atoms with Gasteiger partial charge in [0.2, 0.25) is 0 Å². The summed E-state index contributed by atoms with van der Waals surface area (Å²) in [7, 11) is 3.20. The van der Waals surface area contributed by atoms with E-state index in [4.69, 9.17) is 18.9 Å². The zero-order chi connectivity index (χ0) is 26.2. The zero-order valence-electron chi connectivity index (χ0n) is 21.9. The monoisotopic (exact) mass is 498 g/mol. The predicted molar refractivity (Wildman–Crippen MR) is 138 cm³/mol. The molecule has 1 aliphatic rings. The van der Waals surface area contributed by atoms with Crippen LogP contribution in [0, 0.1) is 10.8 Å². The summed E-state index contributed by atoms with van der Waals surface area (Å²) in [6, 6.07) is 14.2. The Hall–Kier alpha value is -3.42. The summed E-state index contributed by atoms with van der Waals surface area (Å²) in [5.74, 6) is 2.34. The standard InChI is InChI=1S/C28H38N2O6/c1-27(2)14-20(30-26(32)17-36-24-12-8-22(34-5)9-13-24)15-28(3,18-27)19-29-25(31)16-35-23-10-6-21(33-4)7-11-23/h6-13,20H,14-19H2,1-5H3,(H,29,31)(H,30,32)/t20-,28+/m1/s1. The highest BCUT2D eigenvalue weighted by Crippen LogP contribution is 2.45. The lowest BCUT2D eigenvalue weighted by molar-refractivity contribution is -0.126. The van der Waals surface area contributed by atoms with Gasteiger partial charge in [-0.3, -0.25) is 9.59 Å². The summed E-state index contributed by atoms with van der Waals surface area (Å²) >= 11 is 0. The van der Waals surface area contributed by atoms with E-state index >= 15 is 0 Å². The molecule has 196 valence electrons. The summed E-state index contributed by atoms with van der Waals surface area (Å²) in [4.78, 5) is 25.1. The van der Waals surface area contributed by atoms with E-state index in [1.54, 1.807) is 62.8 Å². The molecule has 1 aliphatic carbocycles. The van der Waals surface area contributed by atoms with E-state index < -0.39 is 0 Å². The third kappa shape index (κ3) is 8.36. The highest BCUT2D eigenvalue weighted by Gasteiger charge is 2.41. The zero-order valence-corrected chi connectivity index (χ0v) is 21.9. The second-order valence-corrected chi connectivity index (χ2v) is 10.5. The topological polar surface area (TPSA) is 95.1 Å². The minimum Gasteiger partial charge on any atom is -0.497 e. The molecular formula is C28H38N2O6. The van der Waals surface area contributed by atoms with Gasteiger partial charge < -0.3 is 29.6 Å². The molecule has 2 aromatic rings. The van der Waals surface area contributed by atoms with E-state index in [9.17, 15) is 9.59 Å². The number of benzene rings is 2. The van der Waals surface area contributed by atoms with Gasteiger partial charge >= 0.3 is 0 Å². The van der Waals surface area contributed by atoms with Crippen molar-refractivity contribution in [2.45, 2.75) is 46.1 Å². The van der Waals surface area contributed by atoms with Crippen LogP contribution in [-0.4, -0.2) is 51.8 Å². The molecule has 8 heteroatoms. The van der Waals surface area contributed by atoms with Crippen molar-refractivity contribution in [1.29, 1.82) is 0 Å². The van der Waals surface area contributed by atoms with E-state index in [-0.39, 0.29) is 41.9 Å². The lowest BCUT2D eigenvalue weighted by Crippen LogP contribution is -2.51. The summed E-state index contributed by atoms with van der Waals surface area (Å²) in [6.07, 6.45) is 2.57. The van der Waals surface area contributed by atoms with Crippen LogP contribution in [0.1, 0.15) is 40.0 Å². The Morgan fingerprint density at radius 3 is 1.75 bits per heavy atom. The van der Waals surface area contributed by atoms with Gasteiger partial charge in [0.25, 0.3) is 11.8 Å². The van der Waals surface area contributed by atoms with Crippen molar-refractivity contribution in [2.75, 3.05) is 34.0 Å². The second kappa shape index (κ2) is 12.0. The van der Waals surface area contributed by atoms with Crippen LogP contribution < -0.4 is 29.6 Å². The van der Waals surface area contributed by atoms with Gasteiger partial charge in [0.05, 0.1) is 14.2 Å². The number of hydrogen-bond acceptors (Lipinski definition) is 6. The third-order valence-corrected chi connectivity index (χ3v) is 6.38. The van der Waals surface area contributed by atoms with Crippen molar-refractivity contribution in [3.05, 3.63) is 48.5 Å². The molecular weight excluding hydrogens is 460 g/mol. The van der Waals surface area contributed by atoms with Crippen molar-refractivity contribution < 1.29 is 28.5 Å². The van der Waals surface area contributed by atoms with Crippen LogP contribution in [0.2, 0.25) is 0 Å². The average molecular weight is 499 g/mol. The molecule has 0 spiro atoms. The van der Waals surface area contributed by atoms with Crippen molar-refractivity contribution in [3.8, 4) is 23.0 Å². The van der Waals surface area contributed by atoms with Crippen molar-refractivity contribution in [3.63, 3.8) is 0 Å². The summed E-state index contributed by atoms with van der Waals surface area (Å²) in [6.45, 7) is 6.95. The van der Waals surface area contributed by atoms with Crippen LogP contribution in [0.15, 0.2) is 48.5 Å². The smallest absolute Gasteiger partial charge is 0.258 e. The third-order valence-electron chi connectivity index (χ3n) is 6.38. The number of carbonyl (C=O) groups is 2. The largest absolute Gasteiger partial charge is 0.497 e. The van der Waals surface area contributed by atoms with Crippen LogP contribution in [0.5, 0.6) is 23.0 Å². The molecule has 3 rings (SSSR count). The molecule has 2 amide bonds. The first-order valence-electron chi connectivity index (χ1n) is 12.2. The van der Waals surface area contributed by atoms with Gasteiger partial charge in [-0.05, 0) is 78.6 Å². The minimum atomic E-state index is -0.177. The maximum atomic E-state index is 12.6. The number of amides is 2. The number of nitrogens with one attached hydrogen (secondary N) is 2. The quantitative estimate of drug-likeness (QED) is 0.487. The Kier molecular flexibility index (Phi) is 9.07. The van der Waals surface area contributed by atoms with Crippen LogP contribution in [0.4, 0.5) is 0 Å². The van der Waals surface area contributed by atoms with E-state index in [2.05, 4.69) is 31.4 Å². The van der Waals surface area contributed by atoms with E-state index in [0.717, 1.165) is 30.8 Å². The Morgan fingerprint density at radius 1 is 0.778 bits per heavy atom. The molecule has 2 N–H and O–H groups in total. The Morgan fingerprint density at radius 2 is 1.25 bits per heavy atom. The Labute approximate surface area is 213 Å². The molecule has 0 unspecified atom stereocenters. The molecule has 36 heavy (non-hydrogen) atoms. The first-order chi connectivity index (χ1) is 17.1. The number of rotatable bonds is 11. The number of carbonyl (C=O) groups excluding carboxylic acids is 2. The van der Waals surface area contributed by atoms with Gasteiger partial charge in [-0.15, -0.1) is 0 Å².